The van der Waals surface area contributed by atoms with Crippen LogP contribution in [0.4, 0.5) is 4.39 Å². The zero-order valence-corrected chi connectivity index (χ0v) is 12.4. The summed E-state index contributed by atoms with van der Waals surface area (Å²) in [6, 6.07) is 9.47. The molecule has 2 aromatic heterocycles. The number of aromatic amines is 1. The molecule has 1 fully saturated rings. The smallest absolute Gasteiger partial charge is 0.253 e. The zero-order chi connectivity index (χ0) is 15.8. The van der Waals surface area contributed by atoms with E-state index in [2.05, 4.69) is 15.0 Å². The first kappa shape index (κ1) is 13.9. The lowest BCUT2D eigenvalue weighted by Gasteiger charge is -2.16. The summed E-state index contributed by atoms with van der Waals surface area (Å²) < 4.78 is 13.0. The summed E-state index contributed by atoms with van der Waals surface area (Å²) in [5.74, 6) is 0.638. The standard InChI is InChI=1S/C17H15FN4O/c18-13-5-3-11(4-6-13)17(23)22-9-7-12(10-22)15-20-14-2-1-8-19-16(14)21-15/h1-6,8,12H,7,9-10H2,(H,19,20,21)/t12-/m0/s1. The van der Waals surface area contributed by atoms with Gasteiger partial charge >= 0.3 is 0 Å². The number of halogens is 1. The van der Waals surface area contributed by atoms with Crippen molar-refractivity contribution in [3.63, 3.8) is 0 Å². The van der Waals surface area contributed by atoms with Crippen molar-refractivity contribution in [1.82, 2.24) is 19.9 Å². The fraction of sp³-hybridized carbons (Fsp3) is 0.235. The van der Waals surface area contributed by atoms with Gasteiger partial charge in [-0.25, -0.2) is 14.4 Å². The Bertz CT molecular complexity index is 825. The summed E-state index contributed by atoms with van der Waals surface area (Å²) in [6.45, 7) is 1.28. The van der Waals surface area contributed by atoms with Crippen LogP contribution in [0.2, 0.25) is 0 Å². The quantitative estimate of drug-likeness (QED) is 0.791. The molecule has 3 heterocycles. The third kappa shape index (κ3) is 2.56. The monoisotopic (exact) mass is 310 g/mol. The molecule has 0 bridgehead atoms. The topological polar surface area (TPSA) is 61.9 Å². The van der Waals surface area contributed by atoms with Crippen LogP contribution in [0.25, 0.3) is 11.2 Å². The van der Waals surface area contributed by atoms with Gasteiger partial charge in [-0.1, -0.05) is 0 Å². The predicted molar refractivity (Wildman–Crippen MR) is 83.6 cm³/mol. The minimum absolute atomic E-state index is 0.0678. The van der Waals surface area contributed by atoms with Crippen molar-refractivity contribution in [3.8, 4) is 0 Å². The van der Waals surface area contributed by atoms with E-state index in [4.69, 9.17) is 0 Å². The molecule has 1 aliphatic rings. The second-order valence-electron chi connectivity index (χ2n) is 5.74. The molecular formula is C17H15FN4O. The van der Waals surface area contributed by atoms with Crippen molar-refractivity contribution in [3.05, 3.63) is 59.8 Å². The molecule has 0 spiro atoms. The van der Waals surface area contributed by atoms with E-state index in [9.17, 15) is 9.18 Å². The third-order valence-corrected chi connectivity index (χ3v) is 4.23. The number of benzene rings is 1. The minimum atomic E-state index is -0.337. The van der Waals surface area contributed by atoms with Crippen molar-refractivity contribution < 1.29 is 9.18 Å². The highest BCUT2D eigenvalue weighted by molar-refractivity contribution is 5.94. The fourth-order valence-electron chi connectivity index (χ4n) is 3.00. The first-order valence-electron chi connectivity index (χ1n) is 7.56. The van der Waals surface area contributed by atoms with E-state index in [1.165, 1.54) is 24.3 Å². The van der Waals surface area contributed by atoms with Gasteiger partial charge in [-0.3, -0.25) is 4.79 Å². The lowest BCUT2D eigenvalue weighted by Crippen LogP contribution is -2.28. The number of nitrogens with one attached hydrogen (secondary N) is 1. The summed E-state index contributed by atoms with van der Waals surface area (Å²) in [5, 5.41) is 0. The number of hydrogen-bond donors (Lipinski definition) is 1. The van der Waals surface area contributed by atoms with Gasteiger partial charge in [0, 0.05) is 30.8 Å². The molecule has 0 unspecified atom stereocenters. The summed E-state index contributed by atoms with van der Waals surface area (Å²) in [5.41, 5.74) is 2.12. The Kier molecular flexibility index (Phi) is 3.29. The number of H-pyrrole nitrogens is 1. The van der Waals surface area contributed by atoms with Gasteiger partial charge in [-0.05, 0) is 42.8 Å². The molecule has 6 heteroatoms. The van der Waals surface area contributed by atoms with Crippen LogP contribution in [0, 0.1) is 5.82 Å². The van der Waals surface area contributed by atoms with Gasteiger partial charge in [-0.15, -0.1) is 0 Å². The Morgan fingerprint density at radius 3 is 2.87 bits per heavy atom. The number of imidazole rings is 1. The molecule has 4 rings (SSSR count). The van der Waals surface area contributed by atoms with E-state index in [1.54, 1.807) is 11.1 Å². The normalized spacial score (nSPS) is 17.8. The van der Waals surface area contributed by atoms with Crippen LogP contribution in [0.1, 0.15) is 28.5 Å². The second-order valence-corrected chi connectivity index (χ2v) is 5.74. The van der Waals surface area contributed by atoms with Crippen LogP contribution >= 0.6 is 0 Å². The van der Waals surface area contributed by atoms with Gasteiger partial charge < -0.3 is 9.88 Å². The van der Waals surface area contributed by atoms with Gasteiger partial charge in [0.05, 0.1) is 5.52 Å². The van der Waals surface area contributed by atoms with E-state index in [1.807, 2.05) is 12.1 Å². The summed E-state index contributed by atoms with van der Waals surface area (Å²) in [7, 11) is 0. The van der Waals surface area contributed by atoms with E-state index >= 15 is 0 Å². The molecule has 5 nitrogen and oxygen atoms in total. The number of nitrogens with zero attached hydrogens (tertiary/aromatic N) is 3. The van der Waals surface area contributed by atoms with Gasteiger partial charge in [0.25, 0.3) is 5.91 Å². The average Bonchev–Trinajstić information content (AvgIpc) is 3.21. The lowest BCUT2D eigenvalue weighted by molar-refractivity contribution is 0.0790. The molecule has 1 N–H and O–H groups in total. The Hall–Kier alpha value is -2.76. The van der Waals surface area contributed by atoms with E-state index in [-0.39, 0.29) is 17.6 Å². The number of rotatable bonds is 2. The molecule has 0 aliphatic carbocycles. The predicted octanol–water partition coefficient (Wildman–Crippen LogP) is 2.73. The Balaban J connectivity index is 1.52. The second kappa shape index (κ2) is 5.46. The first-order valence-corrected chi connectivity index (χ1v) is 7.56. The molecule has 3 aromatic rings. The summed E-state index contributed by atoms with van der Waals surface area (Å²) in [6.07, 6.45) is 2.57. The molecular weight excluding hydrogens is 295 g/mol. The minimum Gasteiger partial charge on any atom is -0.340 e. The fourth-order valence-corrected chi connectivity index (χ4v) is 3.00. The maximum Gasteiger partial charge on any atom is 0.253 e. The van der Waals surface area contributed by atoms with Gasteiger partial charge in [-0.2, -0.15) is 0 Å². The number of amides is 1. The zero-order valence-electron chi connectivity index (χ0n) is 12.4. The highest BCUT2D eigenvalue weighted by atomic mass is 19.1. The van der Waals surface area contributed by atoms with Crippen molar-refractivity contribution in [2.75, 3.05) is 13.1 Å². The molecule has 1 amide bonds. The molecule has 23 heavy (non-hydrogen) atoms. The molecule has 0 radical (unpaired) electrons. The van der Waals surface area contributed by atoms with Crippen LogP contribution in [0.5, 0.6) is 0 Å². The van der Waals surface area contributed by atoms with Gasteiger partial charge in [0.2, 0.25) is 0 Å². The van der Waals surface area contributed by atoms with Crippen LogP contribution in [-0.2, 0) is 0 Å². The maximum atomic E-state index is 13.0. The number of fused-ring (bicyclic) bond motifs is 1. The average molecular weight is 310 g/mol. The SMILES string of the molecule is O=C(c1ccc(F)cc1)N1CC[C@H](c2nc3ncccc3[nH]2)C1. The molecule has 1 saturated heterocycles. The third-order valence-electron chi connectivity index (χ3n) is 4.23. The van der Waals surface area contributed by atoms with Crippen LogP contribution in [0.3, 0.4) is 0 Å². The van der Waals surface area contributed by atoms with Gasteiger partial charge in [0.15, 0.2) is 5.65 Å². The number of likely N-dealkylation sites (tertiary alicyclic amines) is 1. The Morgan fingerprint density at radius 2 is 2.09 bits per heavy atom. The van der Waals surface area contributed by atoms with Crippen LogP contribution in [-0.4, -0.2) is 38.8 Å². The number of pyridine rings is 1. The van der Waals surface area contributed by atoms with Crippen LogP contribution in [0.15, 0.2) is 42.6 Å². The summed E-state index contributed by atoms with van der Waals surface area (Å²) >= 11 is 0. The highest BCUT2D eigenvalue weighted by Gasteiger charge is 2.29. The number of hydrogen-bond acceptors (Lipinski definition) is 3. The highest BCUT2D eigenvalue weighted by Crippen LogP contribution is 2.27. The molecule has 1 atom stereocenters. The molecule has 1 aromatic carbocycles. The molecule has 116 valence electrons. The number of carbonyl (C=O) groups is 1. The first-order chi connectivity index (χ1) is 11.2. The van der Waals surface area contributed by atoms with E-state index in [0.717, 1.165) is 17.8 Å². The van der Waals surface area contributed by atoms with E-state index < -0.39 is 0 Å². The van der Waals surface area contributed by atoms with Crippen LogP contribution < -0.4 is 0 Å². The number of carbonyl (C=O) groups excluding carboxylic acids is 1. The van der Waals surface area contributed by atoms with Crippen molar-refractivity contribution >= 4 is 17.1 Å². The number of aromatic nitrogens is 3. The lowest BCUT2D eigenvalue weighted by atomic mass is 10.1. The van der Waals surface area contributed by atoms with Crippen molar-refractivity contribution in [2.45, 2.75) is 12.3 Å². The summed E-state index contributed by atoms with van der Waals surface area (Å²) in [4.78, 5) is 26.3. The molecule has 1 aliphatic heterocycles. The van der Waals surface area contributed by atoms with Gasteiger partial charge in [0.1, 0.15) is 11.6 Å². The van der Waals surface area contributed by atoms with E-state index in [0.29, 0.717) is 24.3 Å². The Morgan fingerprint density at radius 1 is 1.26 bits per heavy atom. The molecule has 0 saturated carbocycles. The maximum absolute atomic E-state index is 13.0. The Labute approximate surface area is 132 Å². The van der Waals surface area contributed by atoms with Crippen molar-refractivity contribution in [2.24, 2.45) is 0 Å². The van der Waals surface area contributed by atoms with Crippen molar-refractivity contribution in [1.29, 1.82) is 0 Å². The largest absolute Gasteiger partial charge is 0.340 e.